The number of thiazole rings is 1. The highest BCUT2D eigenvalue weighted by atomic mass is 79.9. The van der Waals surface area contributed by atoms with E-state index < -0.39 is 0 Å². The van der Waals surface area contributed by atoms with Gasteiger partial charge in [-0.3, -0.25) is 9.59 Å². The van der Waals surface area contributed by atoms with Crippen LogP contribution in [0.4, 0.5) is 11.4 Å². The normalized spacial score (nSPS) is 14.3. The predicted octanol–water partition coefficient (Wildman–Crippen LogP) is 5.41. The van der Waals surface area contributed by atoms with Crippen molar-refractivity contribution in [3.05, 3.63) is 60.9 Å². The zero-order valence-corrected chi connectivity index (χ0v) is 20.8. The standard InChI is InChI=1S/C13H11BrN2O2S.C9H8BrNO2/c14-9-5-8-1-2-11(17)16-13(8)10(6-9)18-7-12-15-3-4-19-12;10-6-3-5-1-2-8(13)11-9(5)7(12)4-6/h3-6H,1-2,7H2,(H,16,17);3-4,12H,1-2H2,(H,11,13). The van der Waals surface area contributed by atoms with Gasteiger partial charge in [-0.25, -0.2) is 4.98 Å². The SMILES string of the molecule is O=C1CCc2cc(Br)cc(O)c2N1.O=C1CCc2cc(Br)cc(OCc3nccs3)c2N1. The second-order valence-corrected chi connectivity index (χ2v) is 10.0. The first-order chi connectivity index (χ1) is 15.4. The molecule has 3 heterocycles. The van der Waals surface area contributed by atoms with Crippen molar-refractivity contribution in [2.24, 2.45) is 0 Å². The highest BCUT2D eigenvalue weighted by Gasteiger charge is 2.20. The number of hydrogen-bond donors (Lipinski definition) is 3. The minimum atomic E-state index is -0.0369. The smallest absolute Gasteiger partial charge is 0.224 e. The maximum absolute atomic E-state index is 11.5. The van der Waals surface area contributed by atoms with E-state index in [1.165, 1.54) is 0 Å². The van der Waals surface area contributed by atoms with Crippen LogP contribution < -0.4 is 15.4 Å². The Kier molecular flexibility index (Phi) is 7.12. The van der Waals surface area contributed by atoms with Gasteiger partial charge >= 0.3 is 0 Å². The Hall–Kier alpha value is -2.43. The third kappa shape index (κ3) is 5.48. The fraction of sp³-hybridized carbons (Fsp3) is 0.227. The van der Waals surface area contributed by atoms with E-state index in [0.29, 0.717) is 37.3 Å². The highest BCUT2D eigenvalue weighted by molar-refractivity contribution is 9.10. The van der Waals surface area contributed by atoms with Crippen molar-refractivity contribution < 1.29 is 19.4 Å². The van der Waals surface area contributed by atoms with Gasteiger partial charge in [0.1, 0.15) is 23.1 Å². The Bertz CT molecular complexity index is 1170. The number of amides is 2. The summed E-state index contributed by atoms with van der Waals surface area (Å²) < 4.78 is 7.57. The van der Waals surface area contributed by atoms with Gasteiger partial charge in [-0.1, -0.05) is 31.9 Å². The van der Waals surface area contributed by atoms with E-state index in [1.54, 1.807) is 23.6 Å². The van der Waals surface area contributed by atoms with Crippen LogP contribution in [0.15, 0.2) is 44.8 Å². The van der Waals surface area contributed by atoms with Crippen molar-refractivity contribution in [1.29, 1.82) is 0 Å². The van der Waals surface area contributed by atoms with Gasteiger partial charge in [0.2, 0.25) is 11.8 Å². The number of benzene rings is 2. The van der Waals surface area contributed by atoms with E-state index in [0.717, 1.165) is 37.2 Å². The summed E-state index contributed by atoms with van der Waals surface area (Å²) in [5.74, 6) is 0.809. The van der Waals surface area contributed by atoms with Crippen molar-refractivity contribution in [3.63, 3.8) is 0 Å². The monoisotopic (exact) mass is 579 g/mol. The molecule has 0 saturated carbocycles. The van der Waals surface area contributed by atoms with Crippen LogP contribution in [-0.2, 0) is 29.0 Å². The number of rotatable bonds is 3. The molecule has 5 rings (SSSR count). The largest absolute Gasteiger partial charge is 0.506 e. The Morgan fingerprint density at radius 2 is 1.56 bits per heavy atom. The molecule has 2 aliphatic rings. The zero-order chi connectivity index (χ0) is 22.7. The van der Waals surface area contributed by atoms with Crippen LogP contribution in [0, 0.1) is 0 Å². The Morgan fingerprint density at radius 1 is 0.938 bits per heavy atom. The molecule has 3 N–H and O–H groups in total. The van der Waals surface area contributed by atoms with Gasteiger partial charge in [-0.05, 0) is 48.2 Å². The highest BCUT2D eigenvalue weighted by Crippen LogP contribution is 2.36. The molecule has 0 aliphatic carbocycles. The summed E-state index contributed by atoms with van der Waals surface area (Å²) in [5, 5.41) is 17.9. The molecular formula is C22H19Br2N3O4S. The van der Waals surface area contributed by atoms with Gasteiger partial charge < -0.3 is 20.5 Å². The average Bonchev–Trinajstić information content (AvgIpc) is 3.27. The summed E-state index contributed by atoms with van der Waals surface area (Å²) in [6.45, 7) is 0.413. The molecule has 0 bridgehead atoms. The molecular weight excluding hydrogens is 562 g/mol. The number of aromatic hydroxyl groups is 1. The van der Waals surface area contributed by atoms with Crippen LogP contribution >= 0.6 is 43.2 Å². The van der Waals surface area contributed by atoms with E-state index in [1.807, 2.05) is 23.6 Å². The predicted molar refractivity (Wildman–Crippen MR) is 130 cm³/mol. The minimum Gasteiger partial charge on any atom is -0.506 e. The van der Waals surface area contributed by atoms with Gasteiger partial charge in [0.05, 0.1) is 11.4 Å². The van der Waals surface area contributed by atoms with E-state index in [2.05, 4.69) is 47.5 Å². The number of fused-ring (bicyclic) bond motifs is 2. The van der Waals surface area contributed by atoms with Crippen LogP contribution in [0.5, 0.6) is 11.5 Å². The first-order valence-corrected chi connectivity index (χ1v) is 12.3. The summed E-state index contributed by atoms with van der Waals surface area (Å²) in [7, 11) is 0. The number of nitrogens with zero attached hydrogens (tertiary/aromatic N) is 1. The number of phenolic OH excluding ortho intramolecular Hbond substituents is 1. The minimum absolute atomic E-state index is 0.0360. The number of carbonyl (C=O) groups is 2. The van der Waals surface area contributed by atoms with E-state index in [9.17, 15) is 14.7 Å². The van der Waals surface area contributed by atoms with Crippen LogP contribution in [-0.4, -0.2) is 21.9 Å². The Balaban J connectivity index is 0.000000165. The number of aryl methyl sites for hydroxylation is 2. The van der Waals surface area contributed by atoms with Crippen molar-refractivity contribution in [2.45, 2.75) is 32.3 Å². The lowest BCUT2D eigenvalue weighted by Crippen LogP contribution is -2.19. The fourth-order valence-electron chi connectivity index (χ4n) is 3.44. The number of hydrogen-bond acceptors (Lipinski definition) is 6. The maximum Gasteiger partial charge on any atom is 0.224 e. The number of nitrogens with one attached hydrogen (secondary N) is 2. The Morgan fingerprint density at radius 3 is 2.22 bits per heavy atom. The number of halogens is 2. The second-order valence-electron chi connectivity index (χ2n) is 7.21. The zero-order valence-electron chi connectivity index (χ0n) is 16.8. The third-order valence-corrected chi connectivity index (χ3v) is 6.59. The summed E-state index contributed by atoms with van der Waals surface area (Å²) in [6.07, 6.45) is 4.20. The first kappa shape index (κ1) is 22.8. The van der Waals surface area contributed by atoms with Crippen molar-refractivity contribution >= 4 is 66.4 Å². The molecule has 166 valence electrons. The van der Waals surface area contributed by atoms with Crippen molar-refractivity contribution in [1.82, 2.24) is 4.98 Å². The molecule has 7 nitrogen and oxygen atoms in total. The molecule has 0 unspecified atom stereocenters. The summed E-state index contributed by atoms with van der Waals surface area (Å²) in [4.78, 5) is 26.7. The number of aromatic nitrogens is 1. The molecule has 10 heteroatoms. The molecule has 2 aromatic carbocycles. The second kappa shape index (κ2) is 10.0. The maximum atomic E-state index is 11.5. The average molecular weight is 581 g/mol. The molecule has 2 amide bonds. The topological polar surface area (TPSA) is 101 Å². The van der Waals surface area contributed by atoms with Crippen molar-refractivity contribution in [2.75, 3.05) is 10.6 Å². The molecule has 0 spiro atoms. The molecule has 1 aromatic heterocycles. The van der Waals surface area contributed by atoms with Gasteiger partial charge in [0.15, 0.2) is 0 Å². The number of carbonyl (C=O) groups excluding carboxylic acids is 2. The summed E-state index contributed by atoms with van der Waals surface area (Å²) >= 11 is 8.30. The van der Waals surface area contributed by atoms with Gasteiger partial charge in [-0.15, -0.1) is 11.3 Å². The molecule has 0 fully saturated rings. The van der Waals surface area contributed by atoms with Gasteiger partial charge in [0, 0.05) is 33.4 Å². The molecule has 3 aromatic rings. The van der Waals surface area contributed by atoms with Crippen LogP contribution in [0.1, 0.15) is 29.0 Å². The quantitative estimate of drug-likeness (QED) is 0.360. The van der Waals surface area contributed by atoms with Crippen LogP contribution in [0.3, 0.4) is 0 Å². The summed E-state index contributed by atoms with van der Waals surface area (Å²) in [6, 6.07) is 7.38. The van der Waals surface area contributed by atoms with Crippen molar-refractivity contribution in [3.8, 4) is 11.5 Å². The number of anilines is 2. The lowest BCUT2D eigenvalue weighted by atomic mass is 10.0. The molecule has 0 saturated heterocycles. The lowest BCUT2D eigenvalue weighted by Gasteiger charge is -2.20. The van der Waals surface area contributed by atoms with Crippen LogP contribution in [0.2, 0.25) is 0 Å². The van der Waals surface area contributed by atoms with E-state index in [4.69, 9.17) is 4.74 Å². The van der Waals surface area contributed by atoms with Crippen LogP contribution in [0.25, 0.3) is 0 Å². The molecule has 2 aliphatic heterocycles. The van der Waals surface area contributed by atoms with Gasteiger partial charge in [-0.2, -0.15) is 0 Å². The lowest BCUT2D eigenvalue weighted by molar-refractivity contribution is -0.117. The third-order valence-electron chi connectivity index (χ3n) is 4.92. The van der Waals surface area contributed by atoms with E-state index >= 15 is 0 Å². The van der Waals surface area contributed by atoms with Gasteiger partial charge in [0.25, 0.3) is 0 Å². The fourth-order valence-corrected chi connectivity index (χ4v) is 4.95. The first-order valence-electron chi connectivity index (χ1n) is 9.83. The molecule has 0 radical (unpaired) electrons. The molecule has 0 atom stereocenters. The molecule has 32 heavy (non-hydrogen) atoms. The number of ether oxygens (including phenoxy) is 1. The Labute approximate surface area is 205 Å². The summed E-state index contributed by atoms with van der Waals surface area (Å²) in [5.41, 5.74) is 3.42. The number of phenols is 1. The van der Waals surface area contributed by atoms with E-state index in [-0.39, 0.29) is 17.6 Å².